The molecule has 19 heavy (non-hydrogen) atoms. The van der Waals surface area contributed by atoms with Crippen LogP contribution in [0.4, 0.5) is 0 Å². The van der Waals surface area contributed by atoms with Gasteiger partial charge in [-0.05, 0) is 43.9 Å². The Morgan fingerprint density at radius 3 is 2.32 bits per heavy atom. The number of hydrogen-bond donors (Lipinski definition) is 2. The van der Waals surface area contributed by atoms with E-state index in [1.165, 1.54) is 51.4 Å². The normalized spacial score (nSPS) is 24.5. The third kappa shape index (κ3) is 4.10. The van der Waals surface area contributed by atoms with Crippen LogP contribution >= 0.6 is 0 Å². The van der Waals surface area contributed by atoms with Gasteiger partial charge >= 0.3 is 0 Å². The minimum Gasteiger partial charge on any atom is -0.396 e. The van der Waals surface area contributed by atoms with E-state index in [4.69, 9.17) is 5.73 Å². The van der Waals surface area contributed by atoms with E-state index < -0.39 is 0 Å². The van der Waals surface area contributed by atoms with E-state index >= 15 is 0 Å². The standard InChI is InChI=1S/C15H29N3O/c16-14(18-10-5-2-6-11-18)17-13-15(9-12-19)7-3-1-4-8-15/h19H,1-13H2,(H2,16,17). The SMILES string of the molecule is NC(=NCC1(CCO)CCCCC1)N1CCCCC1. The van der Waals surface area contributed by atoms with Crippen molar-refractivity contribution in [3.8, 4) is 0 Å². The van der Waals surface area contributed by atoms with Crippen molar-refractivity contribution in [2.45, 2.75) is 57.8 Å². The van der Waals surface area contributed by atoms with E-state index in [1.54, 1.807) is 0 Å². The molecular formula is C15H29N3O. The molecule has 0 aromatic heterocycles. The van der Waals surface area contributed by atoms with Crippen molar-refractivity contribution in [1.82, 2.24) is 4.90 Å². The van der Waals surface area contributed by atoms with Gasteiger partial charge in [0.1, 0.15) is 0 Å². The minimum atomic E-state index is 0.216. The Morgan fingerprint density at radius 1 is 1.05 bits per heavy atom. The van der Waals surface area contributed by atoms with E-state index in [1.807, 2.05) is 0 Å². The Kier molecular flexibility index (Phi) is 5.49. The van der Waals surface area contributed by atoms with Crippen molar-refractivity contribution in [2.24, 2.45) is 16.1 Å². The summed E-state index contributed by atoms with van der Waals surface area (Å²) in [4.78, 5) is 6.89. The third-order valence-corrected chi connectivity index (χ3v) is 4.81. The molecule has 2 fully saturated rings. The highest BCUT2D eigenvalue weighted by Gasteiger charge is 2.31. The van der Waals surface area contributed by atoms with Crippen LogP contribution in [0.25, 0.3) is 0 Å². The summed E-state index contributed by atoms with van der Waals surface area (Å²) >= 11 is 0. The quantitative estimate of drug-likeness (QED) is 0.606. The van der Waals surface area contributed by atoms with Gasteiger partial charge in [-0.25, -0.2) is 0 Å². The molecule has 0 atom stereocenters. The molecule has 1 saturated heterocycles. The number of hydrogen-bond acceptors (Lipinski definition) is 2. The molecule has 4 nitrogen and oxygen atoms in total. The summed E-state index contributed by atoms with van der Waals surface area (Å²) < 4.78 is 0. The van der Waals surface area contributed by atoms with Crippen molar-refractivity contribution < 1.29 is 5.11 Å². The lowest BCUT2D eigenvalue weighted by atomic mass is 9.72. The first-order valence-corrected chi connectivity index (χ1v) is 7.92. The fourth-order valence-corrected chi connectivity index (χ4v) is 3.50. The van der Waals surface area contributed by atoms with Gasteiger partial charge in [0.25, 0.3) is 0 Å². The number of aliphatic hydroxyl groups excluding tert-OH is 1. The van der Waals surface area contributed by atoms with Gasteiger partial charge in [0, 0.05) is 26.2 Å². The number of nitrogens with zero attached hydrogens (tertiary/aromatic N) is 2. The van der Waals surface area contributed by atoms with Gasteiger partial charge in [-0.15, -0.1) is 0 Å². The Morgan fingerprint density at radius 2 is 1.68 bits per heavy atom. The average molecular weight is 267 g/mol. The molecule has 0 aromatic rings. The lowest BCUT2D eigenvalue weighted by Gasteiger charge is -2.36. The molecule has 0 spiro atoms. The van der Waals surface area contributed by atoms with Crippen LogP contribution < -0.4 is 5.73 Å². The highest BCUT2D eigenvalue weighted by molar-refractivity contribution is 5.78. The first-order valence-electron chi connectivity index (χ1n) is 7.92. The summed E-state index contributed by atoms with van der Waals surface area (Å²) in [7, 11) is 0. The second kappa shape index (κ2) is 7.13. The first-order chi connectivity index (χ1) is 9.26. The molecule has 0 aromatic carbocycles. The lowest BCUT2D eigenvalue weighted by Crippen LogP contribution is -2.42. The smallest absolute Gasteiger partial charge is 0.191 e. The molecule has 1 saturated carbocycles. The number of rotatable bonds is 4. The third-order valence-electron chi connectivity index (χ3n) is 4.81. The van der Waals surface area contributed by atoms with Crippen LogP contribution in [0, 0.1) is 5.41 Å². The van der Waals surface area contributed by atoms with Gasteiger partial charge in [-0.3, -0.25) is 4.99 Å². The van der Waals surface area contributed by atoms with Crippen molar-refractivity contribution >= 4 is 5.96 Å². The van der Waals surface area contributed by atoms with Gasteiger partial charge in [0.05, 0.1) is 0 Å². The highest BCUT2D eigenvalue weighted by Crippen LogP contribution is 2.39. The molecular weight excluding hydrogens is 238 g/mol. The fraction of sp³-hybridized carbons (Fsp3) is 0.933. The van der Waals surface area contributed by atoms with Crippen molar-refractivity contribution in [3.05, 3.63) is 0 Å². The minimum absolute atomic E-state index is 0.216. The van der Waals surface area contributed by atoms with Crippen LogP contribution in [-0.2, 0) is 0 Å². The molecule has 2 rings (SSSR count). The molecule has 3 N–H and O–H groups in total. The number of nitrogens with two attached hydrogens (primary N) is 1. The van der Waals surface area contributed by atoms with Crippen LogP contribution in [0.3, 0.4) is 0 Å². The maximum Gasteiger partial charge on any atom is 0.191 e. The molecule has 110 valence electrons. The van der Waals surface area contributed by atoms with Crippen molar-refractivity contribution in [2.75, 3.05) is 26.2 Å². The van der Waals surface area contributed by atoms with E-state index in [-0.39, 0.29) is 12.0 Å². The second-order valence-corrected chi connectivity index (χ2v) is 6.26. The number of guanidine groups is 1. The Labute approximate surface area is 117 Å². The average Bonchev–Trinajstić information content (AvgIpc) is 2.47. The Balaban J connectivity index is 1.92. The zero-order valence-corrected chi connectivity index (χ0v) is 12.1. The monoisotopic (exact) mass is 267 g/mol. The van der Waals surface area contributed by atoms with Gasteiger partial charge in [-0.2, -0.15) is 0 Å². The first kappa shape index (κ1) is 14.6. The van der Waals surface area contributed by atoms with Gasteiger partial charge in [-0.1, -0.05) is 19.3 Å². The van der Waals surface area contributed by atoms with E-state index in [2.05, 4.69) is 9.89 Å². The highest BCUT2D eigenvalue weighted by atomic mass is 16.3. The number of piperidine rings is 1. The molecule has 1 aliphatic heterocycles. The Hall–Kier alpha value is -0.770. The molecule has 2 aliphatic rings. The van der Waals surface area contributed by atoms with Crippen molar-refractivity contribution in [1.29, 1.82) is 0 Å². The predicted octanol–water partition coefficient (Wildman–Crippen LogP) is 2.12. The van der Waals surface area contributed by atoms with Crippen molar-refractivity contribution in [3.63, 3.8) is 0 Å². The topological polar surface area (TPSA) is 61.9 Å². The van der Waals surface area contributed by atoms with E-state index in [0.29, 0.717) is 0 Å². The second-order valence-electron chi connectivity index (χ2n) is 6.26. The number of likely N-dealkylation sites (tertiary alicyclic amines) is 1. The molecule has 0 bridgehead atoms. The largest absolute Gasteiger partial charge is 0.396 e. The summed E-state index contributed by atoms with van der Waals surface area (Å²) in [5.41, 5.74) is 6.35. The summed E-state index contributed by atoms with van der Waals surface area (Å²) in [5, 5.41) is 9.31. The maximum atomic E-state index is 9.31. The number of aliphatic hydroxyl groups is 1. The van der Waals surface area contributed by atoms with E-state index in [0.717, 1.165) is 32.0 Å². The zero-order chi connectivity index (χ0) is 13.6. The van der Waals surface area contributed by atoms with Crippen LogP contribution in [0.1, 0.15) is 57.8 Å². The maximum absolute atomic E-state index is 9.31. The molecule has 1 heterocycles. The molecule has 1 aliphatic carbocycles. The van der Waals surface area contributed by atoms with Gasteiger partial charge < -0.3 is 15.7 Å². The van der Waals surface area contributed by atoms with Crippen LogP contribution in [0.15, 0.2) is 4.99 Å². The molecule has 0 unspecified atom stereocenters. The summed E-state index contributed by atoms with van der Waals surface area (Å²) in [6, 6.07) is 0. The van der Waals surface area contributed by atoms with Crippen LogP contribution in [0.2, 0.25) is 0 Å². The van der Waals surface area contributed by atoms with E-state index in [9.17, 15) is 5.11 Å². The van der Waals surface area contributed by atoms with Crippen LogP contribution in [-0.4, -0.2) is 42.2 Å². The zero-order valence-electron chi connectivity index (χ0n) is 12.1. The lowest BCUT2D eigenvalue weighted by molar-refractivity contribution is 0.137. The summed E-state index contributed by atoms with van der Waals surface area (Å²) in [6.45, 7) is 3.19. The Bertz CT molecular complexity index is 286. The fourth-order valence-electron chi connectivity index (χ4n) is 3.50. The molecule has 0 radical (unpaired) electrons. The number of aliphatic imine (C=N–C) groups is 1. The van der Waals surface area contributed by atoms with Gasteiger partial charge in [0.2, 0.25) is 0 Å². The molecule has 0 amide bonds. The summed E-state index contributed by atoms with van der Waals surface area (Å²) in [5.74, 6) is 0.725. The van der Waals surface area contributed by atoms with Gasteiger partial charge in [0.15, 0.2) is 5.96 Å². The molecule has 4 heteroatoms. The predicted molar refractivity (Wildman–Crippen MR) is 79.1 cm³/mol. The summed E-state index contributed by atoms with van der Waals surface area (Å²) in [6.07, 6.45) is 10.9. The van der Waals surface area contributed by atoms with Crippen LogP contribution in [0.5, 0.6) is 0 Å².